The molecule has 0 fully saturated rings. The first-order valence-corrected chi connectivity index (χ1v) is 7.71. The van der Waals surface area contributed by atoms with Crippen LogP contribution in [0.2, 0.25) is 0 Å². The van der Waals surface area contributed by atoms with Crippen LogP contribution in [-0.2, 0) is 25.8 Å². The van der Waals surface area contributed by atoms with Crippen LogP contribution >= 0.6 is 0 Å². The van der Waals surface area contributed by atoms with Crippen molar-refractivity contribution in [2.45, 2.75) is 6.42 Å². The van der Waals surface area contributed by atoms with Crippen molar-refractivity contribution in [3.8, 4) is 5.69 Å². The molecule has 26 heavy (non-hydrogen) atoms. The average Bonchev–Trinajstić information content (AvgIpc) is 3.34. The van der Waals surface area contributed by atoms with Crippen molar-refractivity contribution in [3.63, 3.8) is 0 Å². The topological polar surface area (TPSA) is 17.8 Å². The first-order valence-electron chi connectivity index (χ1n) is 7.71. The van der Waals surface area contributed by atoms with Crippen molar-refractivity contribution in [1.29, 1.82) is 0 Å². The summed E-state index contributed by atoms with van der Waals surface area (Å²) in [6.45, 7) is 0. The smallest absolute Gasteiger partial charge is 1.00 e. The van der Waals surface area contributed by atoms with Crippen molar-refractivity contribution < 1.29 is 50.7 Å². The molecule has 0 unspecified atom stereocenters. The van der Waals surface area contributed by atoms with E-state index in [1.54, 1.807) is 0 Å². The summed E-state index contributed by atoms with van der Waals surface area (Å²) in [6, 6.07) is 21.0. The van der Waals surface area contributed by atoms with Gasteiger partial charge >= 0.3 is 25.8 Å². The fourth-order valence-electron chi connectivity index (χ4n) is 2.78. The van der Waals surface area contributed by atoms with Gasteiger partial charge in [0.15, 0.2) is 0 Å². The van der Waals surface area contributed by atoms with Gasteiger partial charge in [-0.3, -0.25) is 6.08 Å². The molecule has 1 heterocycles. The molecule has 0 aliphatic heterocycles. The van der Waals surface area contributed by atoms with E-state index in [1.165, 1.54) is 16.5 Å². The molecule has 0 atom stereocenters. The van der Waals surface area contributed by atoms with Crippen molar-refractivity contribution >= 4 is 21.8 Å². The van der Waals surface area contributed by atoms with Gasteiger partial charge in [0, 0.05) is 0 Å². The molecule has 0 N–H and O–H groups in total. The van der Waals surface area contributed by atoms with Crippen molar-refractivity contribution in [2.75, 3.05) is 0 Å². The Hall–Kier alpha value is -1.55. The number of halogens is 2. The van der Waals surface area contributed by atoms with Crippen LogP contribution in [0.1, 0.15) is 6.42 Å². The summed E-state index contributed by atoms with van der Waals surface area (Å²) in [6.07, 6.45) is 11.9. The number of para-hydroxylation sites is 2. The Balaban J connectivity index is 0.000000372. The molecule has 4 aromatic rings. The molecule has 0 radical (unpaired) electrons. The summed E-state index contributed by atoms with van der Waals surface area (Å²) in [5.74, 6) is 0. The van der Waals surface area contributed by atoms with Gasteiger partial charge in [0.2, 0.25) is 0 Å². The van der Waals surface area contributed by atoms with E-state index in [1.807, 2.05) is 36.7 Å². The maximum atomic E-state index is 4.43. The molecular weight excluding hydrogens is 530 g/mol. The van der Waals surface area contributed by atoms with Crippen LogP contribution in [0.15, 0.2) is 85.2 Å². The quantitative estimate of drug-likeness (QED) is 0.227. The molecule has 128 valence electrons. The predicted octanol–water partition coefficient (Wildman–Crippen LogP) is -0.791. The van der Waals surface area contributed by atoms with E-state index < -0.39 is 0 Å². The summed E-state index contributed by atoms with van der Waals surface area (Å²) in [5, 5.41) is 2.54. The Morgan fingerprint density at radius 1 is 1.00 bits per heavy atom. The van der Waals surface area contributed by atoms with Gasteiger partial charge in [0.1, 0.15) is 0 Å². The molecule has 0 saturated heterocycles. The monoisotopic (exact) mass is 546 g/mol. The minimum atomic E-state index is 0. The fraction of sp³-hybridized carbons (Fsp3) is 0.0476. The maximum absolute atomic E-state index is 4.43. The molecule has 5 rings (SSSR count). The number of rotatable bonds is 1. The number of allylic oxidation sites excluding steroid dienone is 4. The summed E-state index contributed by atoms with van der Waals surface area (Å²) in [5.41, 5.74) is 3.35. The number of hydrogen-bond donors (Lipinski definition) is 0. The van der Waals surface area contributed by atoms with E-state index in [9.17, 15) is 0 Å². The molecule has 0 bridgehead atoms. The zero-order valence-electron chi connectivity index (χ0n) is 13.9. The molecule has 0 amide bonds. The SMILES string of the molecule is [C-]1=CC=CC1.[Cl-].[Cl-].[Hf+4].c1ccc2[cH-]c(-n3cnc4ccccc43)cc2c1. The van der Waals surface area contributed by atoms with E-state index >= 15 is 0 Å². The predicted molar refractivity (Wildman–Crippen MR) is 95.7 cm³/mol. The second kappa shape index (κ2) is 10.6. The van der Waals surface area contributed by atoms with Crippen LogP contribution < -0.4 is 24.8 Å². The largest absolute Gasteiger partial charge is 4.00 e. The van der Waals surface area contributed by atoms with Gasteiger partial charge in [-0.1, -0.05) is 18.2 Å². The number of nitrogens with zero attached hydrogens (tertiary/aromatic N) is 2. The summed E-state index contributed by atoms with van der Waals surface area (Å²) in [4.78, 5) is 4.43. The molecule has 5 heteroatoms. The summed E-state index contributed by atoms with van der Waals surface area (Å²) >= 11 is 0. The summed E-state index contributed by atoms with van der Waals surface area (Å²) in [7, 11) is 0. The standard InChI is InChI=1S/C16H11N2.C5H5.2ClH.Hf/c1-2-6-13-10-14(9-12(13)5-1)18-11-17-15-7-3-4-8-16(15)18;1-2-4-5-3-1;;;/h1-11H;1-3H,4H2;2*1H;/q2*-1;;;+4/p-2. The second-order valence-electron chi connectivity index (χ2n) is 5.45. The zero-order chi connectivity index (χ0) is 15.5. The Morgan fingerprint density at radius 3 is 2.46 bits per heavy atom. The maximum Gasteiger partial charge on any atom is 4.00 e. The van der Waals surface area contributed by atoms with Gasteiger partial charge in [0.05, 0.1) is 17.4 Å². The molecule has 1 aromatic heterocycles. The number of fused-ring (bicyclic) bond motifs is 2. The van der Waals surface area contributed by atoms with Crippen molar-refractivity contribution in [3.05, 3.63) is 91.3 Å². The Morgan fingerprint density at radius 2 is 1.77 bits per heavy atom. The molecule has 1 aliphatic carbocycles. The third-order valence-corrected chi connectivity index (χ3v) is 3.92. The van der Waals surface area contributed by atoms with Gasteiger partial charge in [-0.25, -0.2) is 17.1 Å². The Kier molecular flexibility index (Phi) is 9.14. The van der Waals surface area contributed by atoms with E-state index in [0.29, 0.717) is 0 Å². The van der Waals surface area contributed by atoms with Gasteiger partial charge in [-0.2, -0.15) is 6.08 Å². The van der Waals surface area contributed by atoms with Crippen molar-refractivity contribution in [2.24, 2.45) is 0 Å². The molecule has 3 aromatic carbocycles. The molecule has 1 aliphatic rings. The first-order chi connectivity index (χ1) is 11.4. The third kappa shape index (κ3) is 4.79. The number of hydrogen-bond acceptors (Lipinski definition) is 1. The van der Waals surface area contributed by atoms with Crippen LogP contribution in [0, 0.1) is 6.08 Å². The Labute approximate surface area is 184 Å². The minimum Gasteiger partial charge on any atom is -1.00 e. The van der Waals surface area contributed by atoms with Crippen LogP contribution in [0.5, 0.6) is 0 Å². The molecule has 0 spiro atoms. The third-order valence-electron chi connectivity index (χ3n) is 3.92. The average molecular weight is 546 g/mol. The Bertz CT molecular complexity index is 972. The van der Waals surface area contributed by atoms with E-state index in [2.05, 4.69) is 64.2 Å². The zero-order valence-corrected chi connectivity index (χ0v) is 19.0. The first kappa shape index (κ1) is 22.5. The second-order valence-corrected chi connectivity index (χ2v) is 5.45. The van der Waals surface area contributed by atoms with E-state index in [4.69, 9.17) is 0 Å². The van der Waals surface area contributed by atoms with Gasteiger partial charge < -0.3 is 29.4 Å². The normalized spacial score (nSPS) is 11.2. The van der Waals surface area contributed by atoms with E-state index in [-0.39, 0.29) is 50.7 Å². The van der Waals surface area contributed by atoms with Crippen LogP contribution in [0.4, 0.5) is 0 Å². The van der Waals surface area contributed by atoms with Gasteiger partial charge in [-0.05, 0) is 17.8 Å². The van der Waals surface area contributed by atoms with Crippen molar-refractivity contribution in [1.82, 2.24) is 9.55 Å². The number of benzene rings is 2. The summed E-state index contributed by atoms with van der Waals surface area (Å²) < 4.78 is 2.13. The molecule has 0 saturated carbocycles. The molecule has 2 nitrogen and oxygen atoms in total. The van der Waals surface area contributed by atoms with Crippen LogP contribution in [-0.4, -0.2) is 9.55 Å². The van der Waals surface area contributed by atoms with E-state index in [0.717, 1.165) is 17.5 Å². The van der Waals surface area contributed by atoms with Crippen LogP contribution in [0.25, 0.3) is 27.5 Å². The fourth-order valence-corrected chi connectivity index (χ4v) is 2.78. The number of imidazole rings is 1. The van der Waals surface area contributed by atoms with Gasteiger partial charge in [-0.15, -0.1) is 47.5 Å². The number of aromatic nitrogens is 2. The van der Waals surface area contributed by atoms with Gasteiger partial charge in [0.25, 0.3) is 0 Å². The minimum absolute atomic E-state index is 0. The molecular formula is C21H16Cl2HfN2. The van der Waals surface area contributed by atoms with Crippen LogP contribution in [0.3, 0.4) is 0 Å².